The van der Waals surface area contributed by atoms with Crippen molar-refractivity contribution in [2.45, 2.75) is 37.5 Å². The summed E-state index contributed by atoms with van der Waals surface area (Å²) in [5.41, 5.74) is 1.37. The third kappa shape index (κ3) is 2.36. The van der Waals surface area contributed by atoms with E-state index in [1.54, 1.807) is 6.07 Å². The molecule has 120 valence electrons. The van der Waals surface area contributed by atoms with E-state index in [1.807, 2.05) is 29.2 Å². The van der Waals surface area contributed by atoms with Crippen LogP contribution in [0.5, 0.6) is 11.5 Å². The van der Waals surface area contributed by atoms with Crippen molar-refractivity contribution in [3.05, 3.63) is 48.3 Å². The van der Waals surface area contributed by atoms with Crippen molar-refractivity contribution in [2.24, 2.45) is 0 Å². The van der Waals surface area contributed by atoms with Gasteiger partial charge in [-0.05, 0) is 43.5 Å². The third-order valence-electron chi connectivity index (χ3n) is 4.65. The molecule has 0 radical (unpaired) electrons. The van der Waals surface area contributed by atoms with Crippen LogP contribution in [0.3, 0.4) is 0 Å². The number of hydrogen-bond donors (Lipinski definition) is 2. The Hall–Kier alpha value is -2.11. The van der Waals surface area contributed by atoms with Crippen molar-refractivity contribution in [2.75, 3.05) is 4.90 Å². The maximum atomic E-state index is 13.8. The fourth-order valence-corrected chi connectivity index (χ4v) is 3.53. The predicted octanol–water partition coefficient (Wildman–Crippen LogP) is 3.34. The summed E-state index contributed by atoms with van der Waals surface area (Å²) in [6.07, 6.45) is 0.474. The lowest BCUT2D eigenvalue weighted by Crippen LogP contribution is -2.50. The quantitative estimate of drug-likeness (QED) is 0.847. The van der Waals surface area contributed by atoms with E-state index in [9.17, 15) is 14.6 Å². The minimum Gasteiger partial charge on any atom is -0.453 e. The first-order valence-electron chi connectivity index (χ1n) is 7.87. The zero-order chi connectivity index (χ0) is 16.0. The molecular weight excluding hydrogens is 297 g/mol. The van der Waals surface area contributed by atoms with Gasteiger partial charge in [0.15, 0.2) is 11.5 Å². The molecule has 0 spiro atoms. The zero-order valence-electron chi connectivity index (χ0n) is 12.5. The Morgan fingerprint density at radius 1 is 1.00 bits per heavy atom. The number of aliphatic hydroxyl groups excluding tert-OH is 2. The summed E-state index contributed by atoms with van der Waals surface area (Å²) in [4.78, 5) is 1.91. The first kappa shape index (κ1) is 14.5. The molecule has 2 aliphatic rings. The first-order chi connectivity index (χ1) is 11.1. The molecule has 0 aromatic heterocycles. The molecule has 2 N–H and O–H groups in total. The van der Waals surface area contributed by atoms with E-state index in [0.29, 0.717) is 23.6 Å². The Bertz CT molecular complexity index is 736. The van der Waals surface area contributed by atoms with Gasteiger partial charge in [0.05, 0.1) is 23.5 Å². The molecule has 1 aliphatic heterocycles. The molecule has 4 nitrogen and oxygen atoms in total. The highest BCUT2D eigenvalue weighted by molar-refractivity contribution is 5.78. The average molecular weight is 315 g/mol. The Kier molecular flexibility index (Phi) is 3.47. The molecule has 2 aromatic rings. The maximum absolute atomic E-state index is 13.8. The van der Waals surface area contributed by atoms with E-state index in [-0.39, 0.29) is 11.9 Å². The number of anilines is 2. The summed E-state index contributed by atoms with van der Waals surface area (Å²) in [7, 11) is 0. The summed E-state index contributed by atoms with van der Waals surface area (Å²) in [6.45, 7) is 0. The second-order valence-corrected chi connectivity index (χ2v) is 6.11. The lowest BCUT2D eigenvalue weighted by Gasteiger charge is -2.43. The number of ether oxygens (including phenoxy) is 1. The van der Waals surface area contributed by atoms with E-state index < -0.39 is 12.2 Å². The molecule has 23 heavy (non-hydrogen) atoms. The highest BCUT2D eigenvalue weighted by Crippen LogP contribution is 2.49. The molecule has 1 unspecified atom stereocenters. The van der Waals surface area contributed by atoms with Gasteiger partial charge in [0.2, 0.25) is 0 Å². The van der Waals surface area contributed by atoms with Crippen LogP contribution in [-0.4, -0.2) is 28.5 Å². The molecule has 1 heterocycles. The van der Waals surface area contributed by atoms with Crippen LogP contribution >= 0.6 is 0 Å². The lowest BCUT2D eigenvalue weighted by atomic mass is 9.88. The molecule has 1 aliphatic carbocycles. The van der Waals surface area contributed by atoms with Crippen LogP contribution in [0, 0.1) is 5.82 Å². The summed E-state index contributed by atoms with van der Waals surface area (Å²) >= 11 is 0. The molecular formula is C18H18FNO3. The Morgan fingerprint density at radius 3 is 2.65 bits per heavy atom. The largest absolute Gasteiger partial charge is 0.453 e. The van der Waals surface area contributed by atoms with Gasteiger partial charge in [-0.15, -0.1) is 0 Å². The predicted molar refractivity (Wildman–Crippen MR) is 84.7 cm³/mol. The number of nitrogens with zero attached hydrogens (tertiary/aromatic N) is 1. The number of fused-ring (bicyclic) bond motifs is 2. The summed E-state index contributed by atoms with van der Waals surface area (Å²) < 4.78 is 19.7. The number of rotatable bonds is 1. The molecule has 4 rings (SSSR count). The van der Waals surface area contributed by atoms with Crippen molar-refractivity contribution in [1.82, 2.24) is 0 Å². The SMILES string of the molecule is O[C@@H]1C(N2c3ccccc3Oc3ccc(F)cc32)CCC[C@@H]1O. The second kappa shape index (κ2) is 5.51. The van der Waals surface area contributed by atoms with Gasteiger partial charge in [0.1, 0.15) is 11.9 Å². The molecule has 0 amide bonds. The third-order valence-corrected chi connectivity index (χ3v) is 4.65. The van der Waals surface area contributed by atoms with Crippen molar-refractivity contribution < 1.29 is 19.3 Å². The van der Waals surface area contributed by atoms with Gasteiger partial charge < -0.3 is 19.8 Å². The second-order valence-electron chi connectivity index (χ2n) is 6.11. The van der Waals surface area contributed by atoms with Crippen LogP contribution in [0.15, 0.2) is 42.5 Å². The van der Waals surface area contributed by atoms with Gasteiger partial charge >= 0.3 is 0 Å². The van der Waals surface area contributed by atoms with Gasteiger partial charge in [-0.25, -0.2) is 4.39 Å². The van der Waals surface area contributed by atoms with Crippen LogP contribution in [-0.2, 0) is 0 Å². The summed E-state index contributed by atoms with van der Waals surface area (Å²) in [6, 6.07) is 11.5. The first-order valence-corrected chi connectivity index (χ1v) is 7.87. The number of aliphatic hydroxyl groups is 2. The lowest BCUT2D eigenvalue weighted by molar-refractivity contribution is -0.0206. The van der Waals surface area contributed by atoms with Gasteiger partial charge in [0.25, 0.3) is 0 Å². The minimum atomic E-state index is -0.883. The van der Waals surface area contributed by atoms with Gasteiger partial charge in [-0.1, -0.05) is 12.1 Å². The van der Waals surface area contributed by atoms with E-state index >= 15 is 0 Å². The fraction of sp³-hybridized carbons (Fsp3) is 0.333. The zero-order valence-corrected chi connectivity index (χ0v) is 12.5. The smallest absolute Gasteiger partial charge is 0.151 e. The summed E-state index contributed by atoms with van der Waals surface area (Å²) in [5, 5.41) is 20.5. The highest BCUT2D eigenvalue weighted by atomic mass is 19.1. The average Bonchev–Trinajstić information content (AvgIpc) is 2.56. The van der Waals surface area contributed by atoms with Crippen LogP contribution < -0.4 is 9.64 Å². The van der Waals surface area contributed by atoms with Gasteiger partial charge in [-0.2, -0.15) is 0 Å². The van der Waals surface area contributed by atoms with Crippen LogP contribution in [0.1, 0.15) is 19.3 Å². The normalized spacial score (nSPS) is 26.2. The molecule has 0 saturated heterocycles. The number of benzene rings is 2. The van der Waals surface area contributed by atoms with E-state index in [0.717, 1.165) is 18.5 Å². The van der Waals surface area contributed by atoms with E-state index in [4.69, 9.17) is 4.74 Å². The Balaban J connectivity index is 1.86. The monoisotopic (exact) mass is 315 g/mol. The van der Waals surface area contributed by atoms with Crippen molar-refractivity contribution >= 4 is 11.4 Å². The highest BCUT2D eigenvalue weighted by Gasteiger charge is 2.39. The van der Waals surface area contributed by atoms with Gasteiger partial charge in [0, 0.05) is 6.07 Å². The molecule has 0 bridgehead atoms. The Labute approximate surface area is 133 Å². The maximum Gasteiger partial charge on any atom is 0.151 e. The van der Waals surface area contributed by atoms with Crippen LogP contribution in [0.2, 0.25) is 0 Å². The molecule has 1 saturated carbocycles. The molecule has 2 aromatic carbocycles. The van der Waals surface area contributed by atoms with Crippen LogP contribution in [0.25, 0.3) is 0 Å². The topological polar surface area (TPSA) is 52.9 Å². The number of halogens is 1. The fourth-order valence-electron chi connectivity index (χ4n) is 3.53. The van der Waals surface area contributed by atoms with Crippen molar-refractivity contribution in [3.8, 4) is 11.5 Å². The van der Waals surface area contributed by atoms with Gasteiger partial charge in [-0.3, -0.25) is 0 Å². The molecule has 3 atom stereocenters. The van der Waals surface area contributed by atoms with Crippen molar-refractivity contribution in [1.29, 1.82) is 0 Å². The molecule has 1 fully saturated rings. The summed E-state index contributed by atoms with van der Waals surface area (Å²) in [5.74, 6) is 0.860. The molecule has 5 heteroatoms. The number of hydrogen-bond acceptors (Lipinski definition) is 4. The number of para-hydroxylation sites is 2. The van der Waals surface area contributed by atoms with E-state index in [2.05, 4.69) is 0 Å². The van der Waals surface area contributed by atoms with Crippen molar-refractivity contribution in [3.63, 3.8) is 0 Å². The minimum absolute atomic E-state index is 0.315. The van der Waals surface area contributed by atoms with Crippen LogP contribution in [0.4, 0.5) is 15.8 Å². The standard InChI is InChI=1S/C18H18FNO3/c19-11-8-9-17-14(10-11)20(12-4-1-2-7-16(12)23-17)13-5-3-6-15(21)18(13)22/h1-2,4,7-10,13,15,18,21-22H,3,5-6H2/t13?,15-,18+/m0/s1. The Morgan fingerprint density at radius 2 is 1.78 bits per heavy atom. The van der Waals surface area contributed by atoms with E-state index in [1.165, 1.54) is 12.1 Å².